The van der Waals surface area contributed by atoms with Gasteiger partial charge in [0.1, 0.15) is 17.6 Å². The van der Waals surface area contributed by atoms with Gasteiger partial charge in [-0.15, -0.1) is 0 Å². The van der Waals surface area contributed by atoms with Gasteiger partial charge >= 0.3 is 0 Å². The summed E-state index contributed by atoms with van der Waals surface area (Å²) in [5, 5.41) is 8.10. The van der Waals surface area contributed by atoms with Crippen molar-refractivity contribution in [3.8, 4) is 0 Å². The van der Waals surface area contributed by atoms with Crippen molar-refractivity contribution in [1.29, 1.82) is 0 Å². The Morgan fingerprint density at radius 2 is 1.83 bits per heavy atom. The molecule has 2 aromatic rings. The first-order valence-electron chi connectivity index (χ1n) is 8.97. The summed E-state index contributed by atoms with van der Waals surface area (Å²) in [6.07, 6.45) is 0.00445. The van der Waals surface area contributed by atoms with Crippen molar-refractivity contribution in [3.63, 3.8) is 0 Å². The van der Waals surface area contributed by atoms with Crippen molar-refractivity contribution in [2.45, 2.75) is 17.4 Å². The summed E-state index contributed by atoms with van der Waals surface area (Å²) in [5.74, 6) is -1.61. The number of para-hydroxylation sites is 1. The van der Waals surface area contributed by atoms with Gasteiger partial charge < -0.3 is 16.0 Å². The van der Waals surface area contributed by atoms with Gasteiger partial charge in [0.05, 0.1) is 11.4 Å². The van der Waals surface area contributed by atoms with Crippen LogP contribution in [-0.4, -0.2) is 47.8 Å². The van der Waals surface area contributed by atoms with Crippen LogP contribution in [0.3, 0.4) is 0 Å². The largest absolute Gasteiger partial charge is 0.368 e. The molecule has 3 amide bonds. The fraction of sp³-hybridized carbons (Fsp3) is 0.200. The molecule has 0 saturated carbocycles. The van der Waals surface area contributed by atoms with E-state index in [-0.39, 0.29) is 17.4 Å². The summed E-state index contributed by atoms with van der Waals surface area (Å²) in [5.41, 5.74) is 6.46. The molecule has 3 N–H and O–H groups in total. The number of amides is 3. The average molecular weight is 429 g/mol. The highest BCUT2D eigenvalue weighted by Crippen LogP contribution is 2.30. The molecule has 0 radical (unpaired) electrons. The van der Waals surface area contributed by atoms with Crippen LogP contribution in [0, 0.1) is 5.82 Å². The Bertz CT molecular complexity index is 1010. The van der Waals surface area contributed by atoms with Crippen molar-refractivity contribution < 1.29 is 18.8 Å². The highest BCUT2D eigenvalue weighted by molar-refractivity contribution is 8.13. The van der Waals surface area contributed by atoms with Gasteiger partial charge in [-0.25, -0.2) is 4.39 Å². The molecule has 8 nitrogen and oxygen atoms in total. The maximum Gasteiger partial charge on any atom is 0.286 e. The van der Waals surface area contributed by atoms with Crippen LogP contribution in [0.15, 0.2) is 58.5 Å². The Morgan fingerprint density at radius 1 is 1.17 bits per heavy atom. The van der Waals surface area contributed by atoms with E-state index in [2.05, 4.69) is 10.4 Å². The number of benzene rings is 2. The van der Waals surface area contributed by atoms with Crippen molar-refractivity contribution in [1.82, 2.24) is 4.90 Å². The van der Waals surface area contributed by atoms with Gasteiger partial charge in [0.2, 0.25) is 5.91 Å². The van der Waals surface area contributed by atoms with Gasteiger partial charge in [0.15, 0.2) is 0 Å². The Kier molecular flexibility index (Phi) is 6.36. The van der Waals surface area contributed by atoms with Crippen LogP contribution in [0.5, 0.6) is 0 Å². The zero-order valence-corrected chi connectivity index (χ0v) is 17.1. The Morgan fingerprint density at radius 3 is 2.47 bits per heavy atom. The van der Waals surface area contributed by atoms with E-state index in [1.165, 1.54) is 34.2 Å². The number of halogens is 1. The summed E-state index contributed by atoms with van der Waals surface area (Å²) < 4.78 is 13.2. The molecule has 1 heterocycles. The molecule has 0 bridgehead atoms. The van der Waals surface area contributed by atoms with Gasteiger partial charge in [0.25, 0.3) is 11.1 Å². The molecule has 156 valence electrons. The number of hydrazone groups is 1. The van der Waals surface area contributed by atoms with E-state index in [1.807, 2.05) is 0 Å². The molecular formula is C20H20FN5O3S. The molecule has 3 rings (SSSR count). The lowest BCUT2D eigenvalue weighted by atomic mass is 10.1. The second-order valence-corrected chi connectivity index (χ2v) is 7.70. The number of nitrogens with two attached hydrogens (primary N) is 1. The first-order valence-corrected chi connectivity index (χ1v) is 9.79. The van der Waals surface area contributed by atoms with Crippen LogP contribution in [0.2, 0.25) is 0 Å². The Balaban J connectivity index is 1.82. The lowest BCUT2D eigenvalue weighted by molar-refractivity contribution is -0.119. The molecule has 1 aliphatic heterocycles. The molecule has 0 aromatic heterocycles. The van der Waals surface area contributed by atoms with Crippen LogP contribution in [0.1, 0.15) is 6.42 Å². The third-order valence-corrected chi connectivity index (χ3v) is 5.41. The number of anilines is 2. The number of thioether (sulfide) groups is 1. The van der Waals surface area contributed by atoms with E-state index in [0.29, 0.717) is 16.3 Å². The number of primary amides is 1. The number of hydrogen-bond acceptors (Lipinski definition) is 6. The Hall–Kier alpha value is -3.40. The molecule has 0 aliphatic carbocycles. The molecule has 10 heteroatoms. The van der Waals surface area contributed by atoms with E-state index >= 15 is 0 Å². The van der Waals surface area contributed by atoms with Crippen molar-refractivity contribution in [3.05, 3.63) is 54.3 Å². The standard InChI is InChI=1S/C20H20FN5O3S/c1-25(2)20(29)30-17-6-4-3-5-14(17)23-19(28)15-11-16(18(22)27)26(24-15)13-9-7-12(21)8-10-13/h3-10,16H,11H2,1-2H3,(H2,22,27)(H,23,28). The normalized spacial score (nSPS) is 15.5. The zero-order chi connectivity index (χ0) is 21.8. The maximum atomic E-state index is 13.2. The molecule has 1 aliphatic rings. The molecule has 1 unspecified atom stereocenters. The average Bonchev–Trinajstić information content (AvgIpc) is 3.16. The summed E-state index contributed by atoms with van der Waals surface area (Å²) in [6.45, 7) is 0. The third-order valence-electron chi connectivity index (χ3n) is 4.29. The maximum absolute atomic E-state index is 13.2. The predicted molar refractivity (Wildman–Crippen MR) is 114 cm³/mol. The molecule has 1 atom stereocenters. The minimum atomic E-state index is -0.865. The first-order chi connectivity index (χ1) is 14.3. The topological polar surface area (TPSA) is 108 Å². The van der Waals surface area contributed by atoms with E-state index in [4.69, 9.17) is 5.73 Å². The number of hydrogen-bond donors (Lipinski definition) is 2. The van der Waals surface area contributed by atoms with Crippen LogP contribution >= 0.6 is 11.8 Å². The lowest BCUT2D eigenvalue weighted by Crippen LogP contribution is -2.39. The molecule has 30 heavy (non-hydrogen) atoms. The van der Waals surface area contributed by atoms with Crippen LogP contribution in [-0.2, 0) is 9.59 Å². The zero-order valence-electron chi connectivity index (χ0n) is 16.3. The quantitative estimate of drug-likeness (QED) is 0.711. The first kappa shape index (κ1) is 21.3. The van der Waals surface area contributed by atoms with Gasteiger partial charge in [-0.1, -0.05) is 12.1 Å². The SMILES string of the molecule is CN(C)C(=O)Sc1ccccc1NC(=O)C1=NN(c2ccc(F)cc2)C(C(N)=O)C1. The highest BCUT2D eigenvalue weighted by atomic mass is 32.2. The smallest absolute Gasteiger partial charge is 0.286 e. The fourth-order valence-electron chi connectivity index (χ4n) is 2.74. The van der Waals surface area contributed by atoms with E-state index in [9.17, 15) is 18.8 Å². The van der Waals surface area contributed by atoms with Crippen molar-refractivity contribution >= 4 is 45.9 Å². The highest BCUT2D eigenvalue weighted by Gasteiger charge is 2.35. The van der Waals surface area contributed by atoms with E-state index in [0.717, 1.165) is 11.8 Å². The molecule has 0 fully saturated rings. The van der Waals surface area contributed by atoms with E-state index in [1.54, 1.807) is 38.4 Å². The van der Waals surface area contributed by atoms with Crippen LogP contribution in [0.25, 0.3) is 0 Å². The van der Waals surface area contributed by atoms with E-state index < -0.39 is 23.7 Å². The van der Waals surface area contributed by atoms with Crippen molar-refractivity contribution in [2.75, 3.05) is 24.4 Å². The summed E-state index contributed by atoms with van der Waals surface area (Å²) in [7, 11) is 3.27. The van der Waals surface area contributed by atoms with Gasteiger partial charge in [-0.3, -0.25) is 19.4 Å². The monoisotopic (exact) mass is 429 g/mol. The predicted octanol–water partition coefficient (Wildman–Crippen LogP) is 2.66. The number of nitrogens with one attached hydrogen (secondary N) is 1. The summed E-state index contributed by atoms with van der Waals surface area (Å²) >= 11 is 0.979. The van der Waals surface area contributed by atoms with Gasteiger partial charge in [-0.05, 0) is 48.2 Å². The minimum absolute atomic E-state index is 0.00445. The lowest BCUT2D eigenvalue weighted by Gasteiger charge is -2.20. The second-order valence-electron chi connectivity index (χ2n) is 6.70. The minimum Gasteiger partial charge on any atom is -0.368 e. The summed E-state index contributed by atoms with van der Waals surface area (Å²) in [4.78, 5) is 38.7. The number of nitrogens with zero attached hydrogens (tertiary/aromatic N) is 3. The molecule has 0 spiro atoms. The Labute approximate surface area is 176 Å². The van der Waals surface area contributed by atoms with Crippen LogP contribution < -0.4 is 16.1 Å². The third kappa shape index (κ3) is 4.77. The fourth-order valence-corrected chi connectivity index (χ4v) is 3.49. The summed E-state index contributed by atoms with van der Waals surface area (Å²) in [6, 6.07) is 11.4. The van der Waals surface area contributed by atoms with Crippen molar-refractivity contribution in [2.24, 2.45) is 10.8 Å². The number of rotatable bonds is 5. The molecule has 2 aromatic carbocycles. The number of carbonyl (C=O) groups is 3. The molecular weight excluding hydrogens is 409 g/mol. The van der Waals surface area contributed by atoms with Gasteiger partial charge in [0, 0.05) is 25.4 Å². The number of carbonyl (C=O) groups excluding carboxylic acids is 3. The van der Waals surface area contributed by atoms with Crippen LogP contribution in [0.4, 0.5) is 20.6 Å². The molecule has 0 saturated heterocycles. The van der Waals surface area contributed by atoms with Gasteiger partial charge in [-0.2, -0.15) is 5.10 Å². The second kappa shape index (κ2) is 8.95.